The second-order valence-electron chi connectivity index (χ2n) is 7.40. The first-order chi connectivity index (χ1) is 10.7. The zero-order valence-corrected chi connectivity index (χ0v) is 13.1. The molecule has 0 unspecified atom stereocenters. The molecular formula is C19H25NO2. The number of carbonyl (C=O) groups is 1. The van der Waals surface area contributed by atoms with Gasteiger partial charge in [0.05, 0.1) is 6.61 Å². The lowest BCUT2D eigenvalue weighted by Crippen LogP contribution is -2.51. The van der Waals surface area contributed by atoms with Crippen molar-refractivity contribution in [1.29, 1.82) is 0 Å². The number of Topliss-reactive ketones (excluding diaryl/α,β-unsaturated/α-hetero) is 1. The number of nitrogens with zero attached hydrogens (tertiary/aromatic N) is 1. The van der Waals surface area contributed by atoms with Gasteiger partial charge in [-0.25, -0.2) is 0 Å². The number of likely N-dealkylation sites (tertiary alicyclic amines) is 1. The third-order valence-corrected chi connectivity index (χ3v) is 5.63. The summed E-state index contributed by atoms with van der Waals surface area (Å²) in [7, 11) is 0. The van der Waals surface area contributed by atoms with E-state index >= 15 is 0 Å². The largest absolute Gasteiger partial charge is 0.392 e. The predicted molar refractivity (Wildman–Crippen MR) is 85.2 cm³/mol. The SMILES string of the molecule is O=C1C[C@H](C2CC2)N(Cc2ccc(CO)cc2)[C@H](C2CC2)C1. The second kappa shape index (κ2) is 5.78. The minimum atomic E-state index is 0.105. The van der Waals surface area contributed by atoms with Gasteiger partial charge in [0.15, 0.2) is 0 Å². The molecule has 2 atom stereocenters. The molecular weight excluding hydrogens is 274 g/mol. The van der Waals surface area contributed by atoms with Crippen LogP contribution in [-0.4, -0.2) is 27.9 Å². The van der Waals surface area contributed by atoms with E-state index < -0.39 is 0 Å². The predicted octanol–water partition coefficient (Wildman–Crippen LogP) is 2.90. The van der Waals surface area contributed by atoms with Crippen LogP contribution in [0.2, 0.25) is 0 Å². The Kier molecular flexibility index (Phi) is 3.79. The van der Waals surface area contributed by atoms with Gasteiger partial charge in [-0.3, -0.25) is 9.69 Å². The van der Waals surface area contributed by atoms with Crippen molar-refractivity contribution in [3.8, 4) is 0 Å². The fourth-order valence-electron chi connectivity index (χ4n) is 4.06. The summed E-state index contributed by atoms with van der Waals surface area (Å²) < 4.78 is 0. The van der Waals surface area contributed by atoms with Crippen molar-refractivity contribution in [2.45, 2.75) is 63.8 Å². The summed E-state index contributed by atoms with van der Waals surface area (Å²) in [6.07, 6.45) is 6.74. The van der Waals surface area contributed by atoms with Gasteiger partial charge < -0.3 is 5.11 Å². The van der Waals surface area contributed by atoms with Crippen LogP contribution in [0.1, 0.15) is 49.7 Å². The summed E-state index contributed by atoms with van der Waals surface area (Å²) in [6.45, 7) is 1.06. The summed E-state index contributed by atoms with van der Waals surface area (Å²) >= 11 is 0. The van der Waals surface area contributed by atoms with Gasteiger partial charge in [0, 0.05) is 31.5 Å². The molecule has 1 aromatic carbocycles. The van der Waals surface area contributed by atoms with Crippen molar-refractivity contribution in [3.05, 3.63) is 35.4 Å². The molecule has 2 aliphatic carbocycles. The molecule has 0 spiro atoms. The molecule has 0 radical (unpaired) electrons. The molecule has 2 saturated carbocycles. The molecule has 0 amide bonds. The molecule has 118 valence electrons. The van der Waals surface area contributed by atoms with E-state index in [1.54, 1.807) is 0 Å². The van der Waals surface area contributed by atoms with Crippen molar-refractivity contribution in [2.75, 3.05) is 0 Å². The molecule has 1 heterocycles. The van der Waals surface area contributed by atoms with Gasteiger partial charge >= 0.3 is 0 Å². The van der Waals surface area contributed by atoms with Crippen LogP contribution in [0, 0.1) is 11.8 Å². The first-order valence-corrected chi connectivity index (χ1v) is 8.70. The van der Waals surface area contributed by atoms with Crippen molar-refractivity contribution in [3.63, 3.8) is 0 Å². The maximum absolute atomic E-state index is 12.2. The number of ketones is 1. The number of aliphatic hydroxyl groups excluding tert-OH is 1. The topological polar surface area (TPSA) is 40.5 Å². The molecule has 1 aliphatic heterocycles. The zero-order chi connectivity index (χ0) is 15.1. The molecule has 3 heteroatoms. The Labute approximate surface area is 132 Å². The monoisotopic (exact) mass is 299 g/mol. The third kappa shape index (κ3) is 2.97. The van der Waals surface area contributed by atoms with Crippen molar-refractivity contribution in [2.24, 2.45) is 11.8 Å². The van der Waals surface area contributed by atoms with Crippen molar-refractivity contribution in [1.82, 2.24) is 4.90 Å². The van der Waals surface area contributed by atoms with Gasteiger partial charge in [-0.2, -0.15) is 0 Å². The van der Waals surface area contributed by atoms with Crippen LogP contribution in [0.5, 0.6) is 0 Å². The fraction of sp³-hybridized carbons (Fsp3) is 0.632. The van der Waals surface area contributed by atoms with E-state index in [4.69, 9.17) is 0 Å². The van der Waals surface area contributed by atoms with Gasteiger partial charge in [-0.15, -0.1) is 0 Å². The van der Waals surface area contributed by atoms with Crippen molar-refractivity contribution >= 4 is 5.78 Å². The zero-order valence-electron chi connectivity index (χ0n) is 13.1. The Balaban J connectivity index is 1.55. The first-order valence-electron chi connectivity index (χ1n) is 8.70. The van der Waals surface area contributed by atoms with Gasteiger partial charge in [-0.05, 0) is 48.6 Å². The normalized spacial score (nSPS) is 29.8. The number of hydrogen-bond donors (Lipinski definition) is 1. The number of piperidine rings is 1. The highest BCUT2D eigenvalue weighted by molar-refractivity contribution is 5.80. The number of rotatable bonds is 5. The van der Waals surface area contributed by atoms with E-state index in [0.29, 0.717) is 17.9 Å². The van der Waals surface area contributed by atoms with E-state index in [1.165, 1.54) is 31.2 Å². The van der Waals surface area contributed by atoms with E-state index in [1.807, 2.05) is 12.1 Å². The van der Waals surface area contributed by atoms with Crippen molar-refractivity contribution < 1.29 is 9.90 Å². The molecule has 3 aliphatic rings. The number of hydrogen-bond acceptors (Lipinski definition) is 3. The van der Waals surface area contributed by atoms with Crippen LogP contribution in [-0.2, 0) is 17.9 Å². The smallest absolute Gasteiger partial charge is 0.136 e. The van der Waals surface area contributed by atoms with Crippen LogP contribution in [0.25, 0.3) is 0 Å². The molecule has 0 bridgehead atoms. The third-order valence-electron chi connectivity index (χ3n) is 5.63. The van der Waals surface area contributed by atoms with E-state index in [2.05, 4.69) is 17.0 Å². The van der Waals surface area contributed by atoms with Gasteiger partial charge in [0.1, 0.15) is 5.78 Å². The number of benzene rings is 1. The van der Waals surface area contributed by atoms with E-state index in [9.17, 15) is 9.90 Å². The van der Waals surface area contributed by atoms with E-state index in [-0.39, 0.29) is 6.61 Å². The fourth-order valence-corrected chi connectivity index (χ4v) is 4.06. The molecule has 4 rings (SSSR count). The summed E-state index contributed by atoms with van der Waals surface area (Å²) in [5, 5.41) is 9.18. The minimum Gasteiger partial charge on any atom is -0.392 e. The number of carbonyl (C=O) groups excluding carboxylic acids is 1. The van der Waals surface area contributed by atoms with Crippen LogP contribution in [0.4, 0.5) is 0 Å². The lowest BCUT2D eigenvalue weighted by atomic mass is 9.88. The molecule has 0 aromatic heterocycles. The van der Waals surface area contributed by atoms with Gasteiger partial charge in [0.25, 0.3) is 0 Å². The lowest BCUT2D eigenvalue weighted by Gasteiger charge is -2.42. The average Bonchev–Trinajstić information content (AvgIpc) is 3.40. The molecule has 22 heavy (non-hydrogen) atoms. The highest BCUT2D eigenvalue weighted by atomic mass is 16.3. The summed E-state index contributed by atoms with van der Waals surface area (Å²) in [6, 6.07) is 9.26. The van der Waals surface area contributed by atoms with Crippen LogP contribution >= 0.6 is 0 Å². The Morgan fingerprint density at radius 1 is 0.909 bits per heavy atom. The van der Waals surface area contributed by atoms with E-state index in [0.717, 1.165) is 36.8 Å². The van der Waals surface area contributed by atoms with Crippen LogP contribution < -0.4 is 0 Å². The molecule has 1 aromatic rings. The summed E-state index contributed by atoms with van der Waals surface area (Å²) in [4.78, 5) is 14.8. The second-order valence-corrected chi connectivity index (χ2v) is 7.40. The Hall–Kier alpha value is -1.19. The van der Waals surface area contributed by atoms with Crippen LogP contribution in [0.15, 0.2) is 24.3 Å². The standard InChI is InChI=1S/C19H25NO2/c21-12-14-3-1-13(2-4-14)11-20-18(15-5-6-15)9-17(22)10-19(20)16-7-8-16/h1-4,15-16,18-19,21H,5-12H2/t18-,19+. The van der Waals surface area contributed by atoms with Gasteiger partial charge in [0.2, 0.25) is 0 Å². The maximum Gasteiger partial charge on any atom is 0.136 e. The number of aliphatic hydroxyl groups is 1. The van der Waals surface area contributed by atoms with Crippen LogP contribution in [0.3, 0.4) is 0 Å². The molecule has 3 fully saturated rings. The molecule has 1 saturated heterocycles. The quantitative estimate of drug-likeness (QED) is 0.909. The Morgan fingerprint density at radius 3 is 1.86 bits per heavy atom. The Bertz CT molecular complexity index is 521. The molecule has 1 N–H and O–H groups in total. The average molecular weight is 299 g/mol. The maximum atomic E-state index is 12.2. The lowest BCUT2D eigenvalue weighted by molar-refractivity contribution is -0.126. The highest BCUT2D eigenvalue weighted by Gasteiger charge is 2.47. The first kappa shape index (κ1) is 14.4. The molecule has 3 nitrogen and oxygen atoms in total. The minimum absolute atomic E-state index is 0.105. The summed E-state index contributed by atoms with van der Waals surface area (Å²) in [5.41, 5.74) is 2.28. The Morgan fingerprint density at radius 2 is 1.41 bits per heavy atom. The summed E-state index contributed by atoms with van der Waals surface area (Å²) in [5.74, 6) is 1.99. The highest BCUT2D eigenvalue weighted by Crippen LogP contribution is 2.46. The van der Waals surface area contributed by atoms with Gasteiger partial charge in [-0.1, -0.05) is 24.3 Å².